The Kier molecular flexibility index (Phi) is 5.16. The molecule has 0 aromatic heterocycles. The highest BCUT2D eigenvalue weighted by Gasteiger charge is 2.38. The van der Waals surface area contributed by atoms with Gasteiger partial charge >= 0.3 is 0 Å². The molecule has 0 aromatic rings. The fourth-order valence-electron chi connectivity index (χ4n) is 1.94. The molecule has 0 spiro atoms. The summed E-state index contributed by atoms with van der Waals surface area (Å²) in [6.45, 7) is 5.50. The molecule has 2 N–H and O–H groups in total. The van der Waals surface area contributed by atoms with Crippen LogP contribution in [0.5, 0.6) is 0 Å². The second-order valence-corrected chi connectivity index (χ2v) is 8.10. The van der Waals surface area contributed by atoms with Crippen molar-refractivity contribution in [2.45, 2.75) is 37.9 Å². The highest BCUT2D eigenvalue weighted by molar-refractivity contribution is 7.92. The van der Waals surface area contributed by atoms with Crippen molar-refractivity contribution in [3.05, 3.63) is 0 Å². The van der Waals surface area contributed by atoms with Gasteiger partial charge in [-0.1, -0.05) is 0 Å². The fraction of sp³-hybridized carbons (Fsp3) is 0.917. The van der Waals surface area contributed by atoms with E-state index in [4.69, 9.17) is 0 Å². The number of piperidine rings is 1. The SMILES string of the molecule is CC(C)(C(=O)NCCC1CCCNC1)S(C)(=O)=O. The Balaban J connectivity index is 2.37. The lowest BCUT2D eigenvalue weighted by atomic mass is 9.96. The Morgan fingerprint density at radius 3 is 2.61 bits per heavy atom. The molecule has 0 saturated carbocycles. The van der Waals surface area contributed by atoms with E-state index in [1.54, 1.807) is 0 Å². The van der Waals surface area contributed by atoms with E-state index in [2.05, 4.69) is 10.6 Å². The molecule has 0 aromatic carbocycles. The lowest BCUT2D eigenvalue weighted by Gasteiger charge is -2.24. The Labute approximate surface area is 110 Å². The fourth-order valence-corrected chi connectivity index (χ4v) is 2.35. The zero-order chi connectivity index (χ0) is 13.8. The number of carbonyl (C=O) groups is 1. The molecule has 1 atom stereocenters. The Hall–Kier alpha value is -0.620. The van der Waals surface area contributed by atoms with Gasteiger partial charge in [0.05, 0.1) is 0 Å². The first-order valence-electron chi connectivity index (χ1n) is 6.44. The van der Waals surface area contributed by atoms with Crippen molar-refractivity contribution < 1.29 is 13.2 Å². The first-order chi connectivity index (χ1) is 8.25. The predicted octanol–water partition coefficient (Wildman–Crippen LogP) is 0.316. The van der Waals surface area contributed by atoms with Gasteiger partial charge in [-0.2, -0.15) is 0 Å². The topological polar surface area (TPSA) is 75.3 Å². The van der Waals surface area contributed by atoms with Gasteiger partial charge in [-0.15, -0.1) is 0 Å². The molecule has 1 heterocycles. The normalized spacial score (nSPS) is 21.6. The molecule has 1 aliphatic rings. The van der Waals surface area contributed by atoms with Crippen LogP contribution in [0.15, 0.2) is 0 Å². The number of carbonyl (C=O) groups excluding carboxylic acids is 1. The molecule has 106 valence electrons. The van der Waals surface area contributed by atoms with E-state index in [0.717, 1.165) is 25.8 Å². The van der Waals surface area contributed by atoms with Crippen LogP contribution in [0.2, 0.25) is 0 Å². The maximum Gasteiger partial charge on any atom is 0.240 e. The molecular formula is C12H24N2O3S. The van der Waals surface area contributed by atoms with E-state index < -0.39 is 20.5 Å². The van der Waals surface area contributed by atoms with E-state index >= 15 is 0 Å². The third kappa shape index (κ3) is 3.95. The maximum absolute atomic E-state index is 11.8. The lowest BCUT2D eigenvalue weighted by molar-refractivity contribution is -0.122. The van der Waals surface area contributed by atoms with Crippen molar-refractivity contribution >= 4 is 15.7 Å². The number of nitrogens with one attached hydrogen (secondary N) is 2. The summed E-state index contributed by atoms with van der Waals surface area (Å²) < 4.78 is 21.6. The number of sulfone groups is 1. The van der Waals surface area contributed by atoms with Gasteiger partial charge in [-0.3, -0.25) is 4.79 Å². The largest absolute Gasteiger partial charge is 0.355 e. The summed E-state index contributed by atoms with van der Waals surface area (Å²) >= 11 is 0. The van der Waals surface area contributed by atoms with Crippen molar-refractivity contribution in [1.82, 2.24) is 10.6 Å². The first kappa shape index (κ1) is 15.4. The van der Waals surface area contributed by atoms with Gasteiger partial charge in [0.25, 0.3) is 0 Å². The molecule has 1 aliphatic heterocycles. The summed E-state index contributed by atoms with van der Waals surface area (Å²) in [6.07, 6.45) is 4.35. The quantitative estimate of drug-likeness (QED) is 0.758. The van der Waals surface area contributed by atoms with Gasteiger partial charge in [-0.25, -0.2) is 8.42 Å². The van der Waals surface area contributed by atoms with Gasteiger partial charge in [0.1, 0.15) is 4.75 Å². The lowest BCUT2D eigenvalue weighted by Crippen LogP contribution is -2.48. The Morgan fingerprint density at radius 1 is 1.44 bits per heavy atom. The average molecular weight is 276 g/mol. The summed E-state index contributed by atoms with van der Waals surface area (Å²) in [6, 6.07) is 0. The van der Waals surface area contributed by atoms with Crippen LogP contribution < -0.4 is 10.6 Å². The van der Waals surface area contributed by atoms with Crippen LogP contribution in [-0.2, 0) is 14.6 Å². The van der Waals surface area contributed by atoms with E-state index in [1.165, 1.54) is 26.7 Å². The zero-order valence-electron chi connectivity index (χ0n) is 11.5. The number of rotatable bonds is 5. The van der Waals surface area contributed by atoms with Crippen LogP contribution in [0.4, 0.5) is 0 Å². The van der Waals surface area contributed by atoms with E-state index in [9.17, 15) is 13.2 Å². The van der Waals surface area contributed by atoms with Crippen molar-refractivity contribution in [1.29, 1.82) is 0 Å². The summed E-state index contributed by atoms with van der Waals surface area (Å²) in [5.41, 5.74) is 0. The smallest absolute Gasteiger partial charge is 0.240 e. The van der Waals surface area contributed by atoms with E-state index in [1.807, 2.05) is 0 Å². The highest BCUT2D eigenvalue weighted by atomic mass is 32.2. The molecule has 1 fully saturated rings. The molecular weight excluding hydrogens is 252 g/mol. The third-order valence-electron chi connectivity index (χ3n) is 3.71. The van der Waals surface area contributed by atoms with Crippen LogP contribution in [0, 0.1) is 5.92 Å². The minimum absolute atomic E-state index is 0.409. The molecule has 1 rings (SSSR count). The summed E-state index contributed by atoms with van der Waals surface area (Å²) in [4.78, 5) is 11.8. The Morgan fingerprint density at radius 2 is 2.11 bits per heavy atom. The van der Waals surface area contributed by atoms with Crippen molar-refractivity contribution in [2.24, 2.45) is 5.92 Å². The van der Waals surface area contributed by atoms with Gasteiger partial charge in [0.2, 0.25) is 5.91 Å². The minimum atomic E-state index is -3.38. The molecule has 1 saturated heterocycles. The molecule has 5 nitrogen and oxygen atoms in total. The second kappa shape index (κ2) is 6.02. The maximum atomic E-state index is 11.8. The van der Waals surface area contributed by atoms with Crippen LogP contribution in [-0.4, -0.2) is 45.0 Å². The van der Waals surface area contributed by atoms with Crippen LogP contribution in [0.25, 0.3) is 0 Å². The zero-order valence-corrected chi connectivity index (χ0v) is 12.3. The third-order valence-corrected chi connectivity index (χ3v) is 5.75. The molecule has 0 aliphatic carbocycles. The van der Waals surface area contributed by atoms with Gasteiger partial charge in [0.15, 0.2) is 9.84 Å². The first-order valence-corrected chi connectivity index (χ1v) is 8.33. The second-order valence-electron chi connectivity index (χ2n) is 5.54. The average Bonchev–Trinajstić information content (AvgIpc) is 2.28. The minimum Gasteiger partial charge on any atom is -0.355 e. The summed E-state index contributed by atoms with van der Waals surface area (Å²) in [5, 5.41) is 6.05. The summed E-state index contributed by atoms with van der Waals surface area (Å²) in [7, 11) is -3.38. The Bertz CT molecular complexity index is 384. The molecule has 0 bridgehead atoms. The van der Waals surface area contributed by atoms with Gasteiger partial charge < -0.3 is 10.6 Å². The molecule has 1 unspecified atom stereocenters. The van der Waals surface area contributed by atoms with Crippen LogP contribution in [0.3, 0.4) is 0 Å². The highest BCUT2D eigenvalue weighted by Crippen LogP contribution is 2.16. The number of amides is 1. The standard InChI is InChI=1S/C12H24N2O3S/c1-12(2,18(3,16)17)11(15)14-8-6-10-5-4-7-13-9-10/h10,13H,4-9H2,1-3H3,(H,14,15). The van der Waals surface area contributed by atoms with Crippen molar-refractivity contribution in [3.8, 4) is 0 Å². The van der Waals surface area contributed by atoms with Crippen molar-refractivity contribution in [3.63, 3.8) is 0 Å². The van der Waals surface area contributed by atoms with Gasteiger partial charge in [0, 0.05) is 12.8 Å². The van der Waals surface area contributed by atoms with Crippen LogP contribution in [0.1, 0.15) is 33.1 Å². The number of hydrogen-bond donors (Lipinski definition) is 2. The van der Waals surface area contributed by atoms with E-state index in [-0.39, 0.29) is 0 Å². The van der Waals surface area contributed by atoms with Crippen molar-refractivity contribution in [2.75, 3.05) is 25.9 Å². The van der Waals surface area contributed by atoms with Gasteiger partial charge in [-0.05, 0) is 52.1 Å². The molecule has 18 heavy (non-hydrogen) atoms. The van der Waals surface area contributed by atoms with Crippen LogP contribution >= 0.6 is 0 Å². The predicted molar refractivity (Wildman–Crippen MR) is 72.1 cm³/mol. The molecule has 0 radical (unpaired) electrons. The monoisotopic (exact) mass is 276 g/mol. The number of hydrogen-bond acceptors (Lipinski definition) is 4. The molecule has 6 heteroatoms. The summed E-state index contributed by atoms with van der Waals surface area (Å²) in [5.74, 6) is 0.175. The van der Waals surface area contributed by atoms with E-state index in [0.29, 0.717) is 12.5 Å². The molecule has 1 amide bonds.